The van der Waals surface area contributed by atoms with Crippen LogP contribution in [0.3, 0.4) is 0 Å². The van der Waals surface area contributed by atoms with Crippen molar-refractivity contribution in [2.24, 2.45) is 0 Å². The van der Waals surface area contributed by atoms with Gasteiger partial charge in [0.1, 0.15) is 11.6 Å². The average Bonchev–Trinajstić information content (AvgIpc) is 2.40. The third-order valence-electron chi connectivity index (χ3n) is 2.58. The van der Waals surface area contributed by atoms with Crippen molar-refractivity contribution in [2.75, 3.05) is 11.9 Å². The van der Waals surface area contributed by atoms with Crippen LogP contribution >= 0.6 is 11.6 Å². The first-order valence-electron chi connectivity index (χ1n) is 6.28. The van der Waals surface area contributed by atoms with E-state index in [0.717, 1.165) is 0 Å². The van der Waals surface area contributed by atoms with Crippen LogP contribution in [-0.2, 0) is 0 Å². The minimum Gasteiger partial charge on any atom is -0.478 e. The van der Waals surface area contributed by atoms with Gasteiger partial charge in [0.25, 0.3) is 0 Å². The van der Waals surface area contributed by atoms with E-state index in [1.165, 1.54) is 12.1 Å². The first kappa shape index (κ1) is 15.1. The Morgan fingerprint density at radius 3 is 2.81 bits per heavy atom. The molecule has 2 rings (SSSR count). The van der Waals surface area contributed by atoms with E-state index in [0.29, 0.717) is 29.8 Å². The van der Waals surface area contributed by atoms with Crippen molar-refractivity contribution in [2.45, 2.75) is 13.8 Å². The zero-order valence-corrected chi connectivity index (χ0v) is 12.3. The number of nitrogens with zero attached hydrogens (tertiary/aromatic N) is 2. The van der Waals surface area contributed by atoms with Crippen LogP contribution in [0, 0.1) is 6.92 Å². The zero-order valence-electron chi connectivity index (χ0n) is 11.6. The molecule has 0 aliphatic rings. The Balaban J connectivity index is 2.29. The van der Waals surface area contributed by atoms with Crippen molar-refractivity contribution in [3.63, 3.8) is 0 Å². The largest absolute Gasteiger partial charge is 0.478 e. The monoisotopic (exact) mass is 307 g/mol. The molecule has 6 nitrogen and oxygen atoms in total. The number of hydrogen-bond acceptors (Lipinski definition) is 5. The van der Waals surface area contributed by atoms with E-state index in [9.17, 15) is 4.79 Å². The molecule has 2 N–H and O–H groups in total. The highest BCUT2D eigenvalue weighted by Crippen LogP contribution is 2.24. The van der Waals surface area contributed by atoms with Crippen molar-refractivity contribution < 1.29 is 14.6 Å². The molecule has 0 unspecified atom stereocenters. The second-order valence-corrected chi connectivity index (χ2v) is 4.60. The molecule has 110 valence electrons. The van der Waals surface area contributed by atoms with Gasteiger partial charge in [-0.3, -0.25) is 0 Å². The van der Waals surface area contributed by atoms with Gasteiger partial charge in [0.05, 0.1) is 17.2 Å². The molecule has 1 heterocycles. The van der Waals surface area contributed by atoms with Gasteiger partial charge in [-0.1, -0.05) is 11.6 Å². The van der Waals surface area contributed by atoms with Gasteiger partial charge < -0.3 is 15.2 Å². The number of anilines is 2. The summed E-state index contributed by atoms with van der Waals surface area (Å²) in [6, 6.07) is 6.28. The molecule has 7 heteroatoms. The first-order chi connectivity index (χ1) is 9.99. The summed E-state index contributed by atoms with van der Waals surface area (Å²) in [5.74, 6) is 0.443. The number of halogens is 1. The maximum absolute atomic E-state index is 11.1. The Labute approximate surface area is 126 Å². The fraction of sp³-hybridized carbons (Fsp3) is 0.214. The van der Waals surface area contributed by atoms with E-state index >= 15 is 0 Å². The highest BCUT2D eigenvalue weighted by Gasteiger charge is 2.10. The molecule has 0 fully saturated rings. The van der Waals surface area contributed by atoms with E-state index in [1.807, 2.05) is 6.92 Å². The summed E-state index contributed by atoms with van der Waals surface area (Å²) in [6.45, 7) is 4.11. The maximum atomic E-state index is 11.1. The molecular formula is C14H14ClN3O3. The smallest absolute Gasteiger partial charge is 0.337 e. The number of nitrogens with one attached hydrogen (secondary N) is 1. The van der Waals surface area contributed by atoms with Gasteiger partial charge in [-0.25, -0.2) is 9.78 Å². The molecule has 0 saturated heterocycles. The molecule has 1 aromatic carbocycles. The summed E-state index contributed by atoms with van der Waals surface area (Å²) in [5.41, 5.74) is 0.592. The predicted molar refractivity (Wildman–Crippen MR) is 79.6 cm³/mol. The number of aromatic nitrogens is 2. The molecule has 0 spiro atoms. The summed E-state index contributed by atoms with van der Waals surface area (Å²) < 4.78 is 5.34. The van der Waals surface area contributed by atoms with Crippen molar-refractivity contribution >= 4 is 29.1 Å². The van der Waals surface area contributed by atoms with Crippen molar-refractivity contribution in [3.8, 4) is 5.88 Å². The fourth-order valence-corrected chi connectivity index (χ4v) is 1.94. The zero-order chi connectivity index (χ0) is 15.4. The topological polar surface area (TPSA) is 84.3 Å². The van der Waals surface area contributed by atoms with Gasteiger partial charge in [-0.15, -0.1) is 0 Å². The van der Waals surface area contributed by atoms with Crippen molar-refractivity contribution in [1.82, 2.24) is 9.97 Å². The van der Waals surface area contributed by atoms with Crippen LogP contribution in [0.25, 0.3) is 0 Å². The normalized spacial score (nSPS) is 10.2. The van der Waals surface area contributed by atoms with E-state index in [2.05, 4.69) is 15.3 Å². The van der Waals surface area contributed by atoms with Gasteiger partial charge in [0.15, 0.2) is 0 Å². The first-order valence-corrected chi connectivity index (χ1v) is 6.65. The fourth-order valence-electron chi connectivity index (χ4n) is 1.74. The quantitative estimate of drug-likeness (QED) is 0.882. The van der Waals surface area contributed by atoms with Crippen LogP contribution in [0.2, 0.25) is 5.02 Å². The van der Waals surface area contributed by atoms with E-state index in [4.69, 9.17) is 21.4 Å². The van der Waals surface area contributed by atoms with Crippen molar-refractivity contribution in [3.05, 3.63) is 40.7 Å². The number of carbonyl (C=O) groups is 1. The van der Waals surface area contributed by atoms with Crippen LogP contribution in [0.1, 0.15) is 23.1 Å². The lowest BCUT2D eigenvalue weighted by Crippen LogP contribution is -2.03. The van der Waals surface area contributed by atoms with Crippen LogP contribution in [0.15, 0.2) is 24.3 Å². The Bertz CT molecular complexity index is 677. The Morgan fingerprint density at radius 1 is 1.38 bits per heavy atom. The number of carboxylic acid groups (broad SMARTS) is 1. The Kier molecular flexibility index (Phi) is 4.59. The third-order valence-corrected chi connectivity index (χ3v) is 2.91. The standard InChI is InChI=1S/C14H14ClN3O3/c1-3-21-13-7-12(16-8(2)17-13)18-9-4-5-11(15)10(6-9)14(19)20/h4-7H,3H2,1-2H3,(H,19,20)(H,16,17,18). The molecule has 0 atom stereocenters. The molecule has 0 saturated carbocycles. The van der Waals surface area contributed by atoms with E-state index in [1.54, 1.807) is 19.1 Å². The molecule has 0 radical (unpaired) electrons. The molecule has 0 amide bonds. The third kappa shape index (κ3) is 3.82. The number of hydrogen-bond donors (Lipinski definition) is 2. The van der Waals surface area contributed by atoms with Gasteiger partial charge in [0, 0.05) is 11.8 Å². The number of rotatable bonds is 5. The van der Waals surface area contributed by atoms with Crippen LogP contribution in [-0.4, -0.2) is 27.7 Å². The van der Waals surface area contributed by atoms with Crippen LogP contribution < -0.4 is 10.1 Å². The minimum absolute atomic E-state index is 0.0254. The lowest BCUT2D eigenvalue weighted by atomic mass is 10.2. The molecule has 0 bridgehead atoms. The molecule has 0 aliphatic carbocycles. The number of aromatic carboxylic acids is 1. The highest BCUT2D eigenvalue weighted by atomic mass is 35.5. The lowest BCUT2D eigenvalue weighted by Gasteiger charge is -2.10. The second-order valence-electron chi connectivity index (χ2n) is 4.20. The molecule has 1 aromatic heterocycles. The maximum Gasteiger partial charge on any atom is 0.337 e. The summed E-state index contributed by atoms with van der Waals surface area (Å²) in [6.07, 6.45) is 0. The number of ether oxygens (including phenoxy) is 1. The van der Waals surface area contributed by atoms with Gasteiger partial charge in [-0.05, 0) is 32.0 Å². The molecular weight excluding hydrogens is 294 g/mol. The summed E-state index contributed by atoms with van der Waals surface area (Å²) in [7, 11) is 0. The Morgan fingerprint density at radius 2 is 2.14 bits per heavy atom. The molecule has 21 heavy (non-hydrogen) atoms. The number of benzene rings is 1. The van der Waals surface area contributed by atoms with Gasteiger partial charge in [0.2, 0.25) is 5.88 Å². The number of carboxylic acids is 1. The molecule has 0 aliphatic heterocycles. The number of aryl methyl sites for hydroxylation is 1. The lowest BCUT2D eigenvalue weighted by molar-refractivity contribution is 0.0697. The SMILES string of the molecule is CCOc1cc(Nc2ccc(Cl)c(C(=O)O)c2)nc(C)n1. The predicted octanol–water partition coefficient (Wildman–Crippen LogP) is 3.28. The summed E-state index contributed by atoms with van der Waals surface area (Å²) >= 11 is 5.83. The average molecular weight is 308 g/mol. The van der Waals surface area contributed by atoms with Crippen LogP contribution in [0.4, 0.5) is 11.5 Å². The van der Waals surface area contributed by atoms with Crippen molar-refractivity contribution in [1.29, 1.82) is 0 Å². The Hall–Kier alpha value is -2.34. The minimum atomic E-state index is -1.09. The van der Waals surface area contributed by atoms with Gasteiger partial charge >= 0.3 is 5.97 Å². The van der Waals surface area contributed by atoms with Gasteiger partial charge in [-0.2, -0.15) is 4.98 Å². The molecule has 2 aromatic rings. The van der Waals surface area contributed by atoms with E-state index < -0.39 is 5.97 Å². The highest BCUT2D eigenvalue weighted by molar-refractivity contribution is 6.33. The summed E-state index contributed by atoms with van der Waals surface area (Å²) in [5, 5.41) is 12.3. The second kappa shape index (κ2) is 6.41. The van der Waals surface area contributed by atoms with Crippen LogP contribution in [0.5, 0.6) is 5.88 Å². The summed E-state index contributed by atoms with van der Waals surface area (Å²) in [4.78, 5) is 19.4. The van der Waals surface area contributed by atoms with E-state index in [-0.39, 0.29) is 10.6 Å².